The monoisotopic (exact) mass is 432 g/mol. The van der Waals surface area contributed by atoms with E-state index in [2.05, 4.69) is 6.92 Å². The Morgan fingerprint density at radius 3 is 2.23 bits per heavy atom. The average Bonchev–Trinajstić information content (AvgIpc) is 2.67. The molecule has 164 valence electrons. The van der Waals surface area contributed by atoms with Crippen LogP contribution in [0.15, 0.2) is 30.3 Å². The standard InChI is InChI=1S/C22H22F6O2/c1-2-3-8-29-15-5-7-20(30-12-15)13-4-6-16(17(23)9-13)14-10-18(24)21(19(25)11-14)22(26,27)28/h4,6,9-11,15,20H,2-3,5,7-8,12H2,1H3. The van der Waals surface area contributed by atoms with Crippen LogP contribution < -0.4 is 0 Å². The topological polar surface area (TPSA) is 18.5 Å². The van der Waals surface area contributed by atoms with E-state index in [0.717, 1.165) is 19.3 Å². The van der Waals surface area contributed by atoms with Crippen LogP contribution >= 0.6 is 0 Å². The van der Waals surface area contributed by atoms with Crippen molar-refractivity contribution >= 4 is 0 Å². The van der Waals surface area contributed by atoms with Crippen LogP contribution in [0.3, 0.4) is 0 Å². The summed E-state index contributed by atoms with van der Waals surface area (Å²) in [6, 6.07) is 5.00. The molecule has 0 spiro atoms. The Balaban J connectivity index is 1.74. The zero-order chi connectivity index (χ0) is 21.9. The predicted molar refractivity (Wildman–Crippen MR) is 99.3 cm³/mol. The fourth-order valence-electron chi connectivity index (χ4n) is 3.48. The van der Waals surface area contributed by atoms with E-state index in [0.29, 0.717) is 37.3 Å². The molecule has 1 saturated heterocycles. The lowest BCUT2D eigenvalue weighted by Gasteiger charge is -2.29. The summed E-state index contributed by atoms with van der Waals surface area (Å²) >= 11 is 0. The number of hydrogen-bond donors (Lipinski definition) is 0. The molecule has 2 aromatic rings. The second-order valence-electron chi connectivity index (χ2n) is 7.30. The minimum absolute atomic E-state index is 0.00461. The van der Waals surface area contributed by atoms with Crippen molar-refractivity contribution in [1.29, 1.82) is 0 Å². The van der Waals surface area contributed by atoms with E-state index in [1.807, 2.05) is 0 Å². The van der Waals surface area contributed by atoms with Gasteiger partial charge in [0.05, 0.1) is 18.8 Å². The van der Waals surface area contributed by atoms with Gasteiger partial charge in [-0.2, -0.15) is 13.2 Å². The molecule has 3 rings (SSSR count). The molecule has 2 nitrogen and oxygen atoms in total. The maximum atomic E-state index is 14.6. The molecule has 0 saturated carbocycles. The highest BCUT2D eigenvalue weighted by Crippen LogP contribution is 2.37. The van der Waals surface area contributed by atoms with Crippen molar-refractivity contribution in [3.63, 3.8) is 0 Å². The Hall–Kier alpha value is -2.06. The third-order valence-electron chi connectivity index (χ3n) is 5.09. The molecule has 0 aromatic heterocycles. The number of ether oxygens (including phenoxy) is 2. The van der Waals surface area contributed by atoms with Gasteiger partial charge in [-0.25, -0.2) is 13.2 Å². The number of unbranched alkanes of at least 4 members (excludes halogenated alkanes) is 1. The first kappa shape index (κ1) is 22.6. The molecule has 2 unspecified atom stereocenters. The van der Waals surface area contributed by atoms with Crippen LogP contribution in [-0.2, 0) is 15.7 Å². The van der Waals surface area contributed by atoms with Crippen molar-refractivity contribution in [3.05, 3.63) is 58.9 Å². The molecule has 0 radical (unpaired) electrons. The minimum Gasteiger partial charge on any atom is -0.376 e. The van der Waals surface area contributed by atoms with E-state index in [9.17, 15) is 26.3 Å². The van der Waals surface area contributed by atoms with Crippen molar-refractivity contribution in [3.8, 4) is 11.1 Å². The second-order valence-corrected chi connectivity index (χ2v) is 7.30. The average molecular weight is 432 g/mol. The molecular formula is C22H22F6O2. The quantitative estimate of drug-likeness (QED) is 0.368. The summed E-state index contributed by atoms with van der Waals surface area (Å²) in [7, 11) is 0. The van der Waals surface area contributed by atoms with Gasteiger partial charge in [0, 0.05) is 12.2 Å². The summed E-state index contributed by atoms with van der Waals surface area (Å²) in [5.74, 6) is -4.37. The molecule has 8 heteroatoms. The van der Waals surface area contributed by atoms with Crippen LogP contribution in [0, 0.1) is 17.5 Å². The van der Waals surface area contributed by atoms with Gasteiger partial charge in [-0.15, -0.1) is 0 Å². The molecule has 2 aromatic carbocycles. The van der Waals surface area contributed by atoms with Crippen LogP contribution in [-0.4, -0.2) is 19.3 Å². The highest BCUT2D eigenvalue weighted by molar-refractivity contribution is 5.65. The van der Waals surface area contributed by atoms with E-state index in [1.165, 1.54) is 12.1 Å². The molecule has 1 heterocycles. The third-order valence-corrected chi connectivity index (χ3v) is 5.09. The lowest BCUT2D eigenvalue weighted by atomic mass is 9.96. The van der Waals surface area contributed by atoms with Gasteiger partial charge >= 0.3 is 6.18 Å². The molecule has 2 atom stereocenters. The van der Waals surface area contributed by atoms with Crippen LogP contribution in [0.5, 0.6) is 0 Å². The normalized spacial score (nSPS) is 19.8. The van der Waals surface area contributed by atoms with Crippen molar-refractivity contribution < 1.29 is 35.8 Å². The largest absolute Gasteiger partial charge is 0.422 e. The van der Waals surface area contributed by atoms with Gasteiger partial charge in [0.1, 0.15) is 23.0 Å². The number of alkyl halides is 3. The molecular weight excluding hydrogens is 410 g/mol. The van der Waals surface area contributed by atoms with Gasteiger partial charge < -0.3 is 9.47 Å². The Kier molecular flexibility index (Phi) is 7.08. The Labute approximate surface area is 170 Å². The number of halogens is 6. The lowest BCUT2D eigenvalue weighted by Crippen LogP contribution is -2.28. The zero-order valence-corrected chi connectivity index (χ0v) is 16.4. The van der Waals surface area contributed by atoms with E-state index in [-0.39, 0.29) is 23.3 Å². The Morgan fingerprint density at radius 2 is 1.70 bits per heavy atom. The molecule has 1 aliphatic rings. The number of hydrogen-bond acceptors (Lipinski definition) is 2. The van der Waals surface area contributed by atoms with Gasteiger partial charge in [-0.1, -0.05) is 25.5 Å². The molecule has 0 N–H and O–H groups in total. The maximum absolute atomic E-state index is 14.6. The molecule has 0 aliphatic carbocycles. The van der Waals surface area contributed by atoms with Gasteiger partial charge in [0.2, 0.25) is 0 Å². The number of benzene rings is 2. The van der Waals surface area contributed by atoms with Gasteiger partial charge in [0.15, 0.2) is 0 Å². The minimum atomic E-state index is -5.18. The summed E-state index contributed by atoms with van der Waals surface area (Å²) in [4.78, 5) is 0. The van der Waals surface area contributed by atoms with Crippen LogP contribution in [0.1, 0.15) is 49.8 Å². The first-order valence-electron chi connectivity index (χ1n) is 9.80. The van der Waals surface area contributed by atoms with Crippen molar-refractivity contribution in [2.45, 2.75) is 51.0 Å². The summed E-state index contributed by atoms with van der Waals surface area (Å²) in [6.45, 7) is 3.12. The predicted octanol–water partition coefficient (Wildman–Crippen LogP) is 6.83. The van der Waals surface area contributed by atoms with Gasteiger partial charge in [-0.3, -0.25) is 0 Å². The van der Waals surface area contributed by atoms with Crippen LogP contribution in [0.25, 0.3) is 11.1 Å². The number of rotatable bonds is 6. The van der Waals surface area contributed by atoms with Gasteiger partial charge in [-0.05, 0) is 48.6 Å². The van der Waals surface area contributed by atoms with E-state index < -0.39 is 29.2 Å². The fourth-order valence-corrected chi connectivity index (χ4v) is 3.48. The third kappa shape index (κ3) is 5.16. The highest BCUT2D eigenvalue weighted by Gasteiger charge is 2.38. The molecule has 0 amide bonds. The van der Waals surface area contributed by atoms with E-state index >= 15 is 0 Å². The first-order chi connectivity index (χ1) is 14.2. The summed E-state index contributed by atoms with van der Waals surface area (Å²) in [5, 5.41) is 0. The summed E-state index contributed by atoms with van der Waals surface area (Å²) < 4.78 is 91.9. The molecule has 30 heavy (non-hydrogen) atoms. The SMILES string of the molecule is CCCCOC1CCC(c2ccc(-c3cc(F)c(C(F)(F)F)c(F)c3)c(F)c2)OC1. The second kappa shape index (κ2) is 9.39. The maximum Gasteiger partial charge on any atom is 0.422 e. The van der Waals surface area contributed by atoms with E-state index in [1.54, 1.807) is 6.07 Å². The molecule has 0 bridgehead atoms. The molecule has 1 aliphatic heterocycles. The fraction of sp³-hybridized carbons (Fsp3) is 0.455. The zero-order valence-electron chi connectivity index (χ0n) is 16.4. The van der Waals surface area contributed by atoms with E-state index in [4.69, 9.17) is 9.47 Å². The van der Waals surface area contributed by atoms with Crippen molar-refractivity contribution in [1.82, 2.24) is 0 Å². The smallest absolute Gasteiger partial charge is 0.376 e. The van der Waals surface area contributed by atoms with Crippen molar-refractivity contribution in [2.24, 2.45) is 0 Å². The molecule has 1 fully saturated rings. The Morgan fingerprint density at radius 1 is 1.00 bits per heavy atom. The van der Waals surface area contributed by atoms with Gasteiger partial charge in [0.25, 0.3) is 0 Å². The van der Waals surface area contributed by atoms with Crippen molar-refractivity contribution in [2.75, 3.05) is 13.2 Å². The van der Waals surface area contributed by atoms with Crippen LogP contribution in [0.2, 0.25) is 0 Å². The first-order valence-corrected chi connectivity index (χ1v) is 9.80. The summed E-state index contributed by atoms with van der Waals surface area (Å²) in [6.07, 6.45) is -2.14. The summed E-state index contributed by atoms with van der Waals surface area (Å²) in [5.41, 5.74) is -1.94. The highest BCUT2D eigenvalue weighted by atomic mass is 19.4. The van der Waals surface area contributed by atoms with Crippen LogP contribution in [0.4, 0.5) is 26.3 Å². The lowest BCUT2D eigenvalue weighted by molar-refractivity contribution is -0.142. The Bertz CT molecular complexity index is 849.